The molecule has 0 bridgehead atoms. The molecule has 25 heavy (non-hydrogen) atoms. The van der Waals surface area contributed by atoms with Crippen LogP contribution in [0.2, 0.25) is 10.3 Å². The Kier molecular flexibility index (Phi) is 5.99. The van der Waals surface area contributed by atoms with E-state index in [1.165, 1.54) is 11.1 Å². The van der Waals surface area contributed by atoms with Crippen molar-refractivity contribution >= 4 is 28.9 Å². The molecule has 0 unspecified atom stereocenters. The van der Waals surface area contributed by atoms with Gasteiger partial charge in [0.2, 0.25) is 0 Å². The number of piperazine rings is 1. The maximum atomic E-state index is 6.14. The molecular weight excluding hydrogens is 359 g/mol. The zero-order valence-electron chi connectivity index (χ0n) is 14.5. The van der Waals surface area contributed by atoms with Crippen LogP contribution in [0.3, 0.4) is 0 Å². The Morgan fingerprint density at radius 3 is 2.40 bits per heavy atom. The monoisotopic (exact) mass is 380 g/mol. The van der Waals surface area contributed by atoms with Gasteiger partial charge in [0.15, 0.2) is 10.3 Å². The van der Waals surface area contributed by atoms with Crippen molar-refractivity contribution < 1.29 is 4.74 Å². The summed E-state index contributed by atoms with van der Waals surface area (Å²) in [6.07, 6.45) is 0. The molecule has 0 N–H and O–H groups in total. The third-order valence-electron chi connectivity index (χ3n) is 4.48. The van der Waals surface area contributed by atoms with Crippen molar-refractivity contribution in [2.24, 2.45) is 0 Å². The lowest BCUT2D eigenvalue weighted by molar-refractivity contribution is 0.199. The number of hydrogen-bond acceptors (Lipinski definition) is 5. The Morgan fingerprint density at radius 2 is 1.72 bits per heavy atom. The van der Waals surface area contributed by atoms with Gasteiger partial charge in [-0.2, -0.15) is 0 Å². The fraction of sp³-hybridized carbons (Fsp3) is 0.444. The maximum absolute atomic E-state index is 6.14. The summed E-state index contributed by atoms with van der Waals surface area (Å²) in [5.41, 5.74) is 3.22. The Labute approximate surface area is 158 Å². The summed E-state index contributed by atoms with van der Waals surface area (Å²) in [7, 11) is 0. The van der Waals surface area contributed by atoms with E-state index < -0.39 is 0 Å². The topological polar surface area (TPSA) is 41.5 Å². The van der Waals surface area contributed by atoms with Crippen molar-refractivity contribution in [3.8, 4) is 5.75 Å². The molecule has 1 fully saturated rings. The van der Waals surface area contributed by atoms with Gasteiger partial charge in [-0.3, -0.25) is 4.90 Å². The SMILES string of the molecule is Cc1cccc(C)c1OCCN1CCN(c2cc(Cl)nnc2Cl)CC1. The summed E-state index contributed by atoms with van der Waals surface area (Å²) < 4.78 is 6.00. The van der Waals surface area contributed by atoms with Crippen LogP contribution in [-0.2, 0) is 0 Å². The van der Waals surface area contributed by atoms with Crippen LogP contribution in [-0.4, -0.2) is 54.4 Å². The van der Waals surface area contributed by atoms with Crippen LogP contribution in [0.5, 0.6) is 5.75 Å². The second kappa shape index (κ2) is 8.21. The number of hydrogen-bond donors (Lipinski definition) is 0. The van der Waals surface area contributed by atoms with Gasteiger partial charge in [-0.05, 0) is 25.0 Å². The fourth-order valence-corrected chi connectivity index (χ4v) is 3.43. The van der Waals surface area contributed by atoms with Crippen molar-refractivity contribution in [2.75, 3.05) is 44.2 Å². The summed E-state index contributed by atoms with van der Waals surface area (Å²) in [5, 5.41) is 8.41. The van der Waals surface area contributed by atoms with Gasteiger partial charge in [0.1, 0.15) is 12.4 Å². The molecule has 0 radical (unpaired) electrons. The van der Waals surface area contributed by atoms with Crippen LogP contribution in [0.1, 0.15) is 11.1 Å². The van der Waals surface area contributed by atoms with Crippen LogP contribution in [0.4, 0.5) is 5.69 Å². The van der Waals surface area contributed by atoms with Gasteiger partial charge >= 0.3 is 0 Å². The Balaban J connectivity index is 1.49. The molecule has 0 spiro atoms. The van der Waals surface area contributed by atoms with Crippen molar-refractivity contribution in [3.05, 3.63) is 45.7 Å². The van der Waals surface area contributed by atoms with E-state index in [-0.39, 0.29) is 0 Å². The van der Waals surface area contributed by atoms with E-state index in [9.17, 15) is 0 Å². The third kappa shape index (κ3) is 4.54. The normalized spacial score (nSPS) is 15.4. The molecule has 1 saturated heterocycles. The standard InChI is InChI=1S/C18H22Cl2N4O/c1-13-4-3-5-14(2)17(13)25-11-10-23-6-8-24(9-7-23)15-12-16(19)21-22-18(15)20/h3-5,12H,6-11H2,1-2H3. The van der Waals surface area contributed by atoms with Crippen LogP contribution in [0.25, 0.3) is 0 Å². The molecule has 2 heterocycles. The molecule has 0 atom stereocenters. The van der Waals surface area contributed by atoms with Gasteiger partial charge in [-0.25, -0.2) is 0 Å². The minimum absolute atomic E-state index is 0.365. The Bertz CT molecular complexity index is 713. The van der Waals surface area contributed by atoms with Gasteiger partial charge in [0.25, 0.3) is 0 Å². The highest BCUT2D eigenvalue weighted by atomic mass is 35.5. The molecule has 1 aliphatic heterocycles. The number of benzene rings is 1. The van der Waals surface area contributed by atoms with Gasteiger partial charge in [-0.1, -0.05) is 41.4 Å². The molecule has 1 aromatic carbocycles. The number of anilines is 1. The van der Waals surface area contributed by atoms with Crippen LogP contribution in [0.15, 0.2) is 24.3 Å². The first kappa shape index (κ1) is 18.2. The maximum Gasteiger partial charge on any atom is 0.175 e. The van der Waals surface area contributed by atoms with Gasteiger partial charge < -0.3 is 9.64 Å². The zero-order valence-corrected chi connectivity index (χ0v) is 16.0. The lowest BCUT2D eigenvalue weighted by Gasteiger charge is -2.36. The first-order valence-electron chi connectivity index (χ1n) is 8.39. The predicted molar refractivity (Wildman–Crippen MR) is 102 cm³/mol. The molecular formula is C18H22Cl2N4O. The van der Waals surface area contributed by atoms with Gasteiger partial charge in [0.05, 0.1) is 5.69 Å². The first-order valence-corrected chi connectivity index (χ1v) is 9.15. The van der Waals surface area contributed by atoms with E-state index in [0.29, 0.717) is 16.9 Å². The second-order valence-electron chi connectivity index (χ2n) is 6.24. The summed E-state index contributed by atoms with van der Waals surface area (Å²) >= 11 is 12.1. The first-order chi connectivity index (χ1) is 12.0. The summed E-state index contributed by atoms with van der Waals surface area (Å²) in [6, 6.07) is 8.00. The second-order valence-corrected chi connectivity index (χ2v) is 6.99. The van der Waals surface area contributed by atoms with Crippen LogP contribution in [0, 0.1) is 13.8 Å². The molecule has 2 aromatic rings. The highest BCUT2D eigenvalue weighted by Crippen LogP contribution is 2.26. The summed E-state index contributed by atoms with van der Waals surface area (Å²) in [4.78, 5) is 4.60. The molecule has 0 aliphatic carbocycles. The minimum Gasteiger partial charge on any atom is -0.492 e. The largest absolute Gasteiger partial charge is 0.492 e. The van der Waals surface area contributed by atoms with E-state index in [0.717, 1.165) is 44.2 Å². The number of para-hydroxylation sites is 1. The molecule has 1 aromatic heterocycles. The zero-order chi connectivity index (χ0) is 17.8. The van der Waals surface area contributed by atoms with E-state index in [2.05, 4.69) is 52.0 Å². The van der Waals surface area contributed by atoms with Crippen molar-refractivity contribution in [3.63, 3.8) is 0 Å². The summed E-state index contributed by atoms with van der Waals surface area (Å²) in [6.45, 7) is 9.42. The molecule has 7 heteroatoms. The number of aryl methyl sites for hydroxylation is 2. The molecule has 134 valence electrons. The van der Waals surface area contributed by atoms with Crippen LogP contribution >= 0.6 is 23.2 Å². The lowest BCUT2D eigenvalue weighted by Crippen LogP contribution is -2.47. The van der Waals surface area contributed by atoms with E-state index in [1.54, 1.807) is 6.07 Å². The van der Waals surface area contributed by atoms with Crippen molar-refractivity contribution in [1.29, 1.82) is 0 Å². The highest BCUT2D eigenvalue weighted by molar-refractivity contribution is 6.33. The Hall–Kier alpha value is -1.56. The molecule has 1 aliphatic rings. The van der Waals surface area contributed by atoms with Crippen LogP contribution < -0.4 is 9.64 Å². The van der Waals surface area contributed by atoms with E-state index in [4.69, 9.17) is 27.9 Å². The van der Waals surface area contributed by atoms with Crippen molar-refractivity contribution in [1.82, 2.24) is 15.1 Å². The molecule has 0 saturated carbocycles. The third-order valence-corrected chi connectivity index (χ3v) is 4.93. The fourth-order valence-electron chi connectivity index (χ4n) is 3.08. The number of rotatable bonds is 5. The highest BCUT2D eigenvalue weighted by Gasteiger charge is 2.20. The Morgan fingerprint density at radius 1 is 1.04 bits per heavy atom. The van der Waals surface area contributed by atoms with Crippen molar-refractivity contribution in [2.45, 2.75) is 13.8 Å². The summed E-state index contributed by atoms with van der Waals surface area (Å²) in [5.74, 6) is 1.01. The van der Waals surface area contributed by atoms with Gasteiger partial charge in [0, 0.05) is 38.8 Å². The average Bonchev–Trinajstić information content (AvgIpc) is 2.60. The number of aromatic nitrogens is 2. The molecule has 0 amide bonds. The number of halogens is 2. The van der Waals surface area contributed by atoms with E-state index in [1.807, 2.05) is 0 Å². The smallest absolute Gasteiger partial charge is 0.175 e. The lowest BCUT2D eigenvalue weighted by atomic mass is 10.1. The van der Waals surface area contributed by atoms with E-state index >= 15 is 0 Å². The predicted octanol–water partition coefficient (Wildman–Crippen LogP) is 3.60. The van der Waals surface area contributed by atoms with Gasteiger partial charge in [-0.15, -0.1) is 10.2 Å². The molecule has 5 nitrogen and oxygen atoms in total. The molecule has 3 rings (SSSR count). The number of ether oxygens (including phenoxy) is 1. The number of nitrogens with zero attached hydrogens (tertiary/aromatic N) is 4. The minimum atomic E-state index is 0.365. The average molecular weight is 381 g/mol. The quantitative estimate of drug-likeness (QED) is 0.792.